The van der Waals surface area contributed by atoms with E-state index in [4.69, 9.17) is 0 Å². The molecule has 1 unspecified atom stereocenters. The molecule has 1 aliphatic heterocycles. The molecule has 1 saturated heterocycles. The standard InChI is InChI=1S/C12H12FN5O/c13-10-3-1-9(2-4-10)11-5-6-17(11)12(19)7-18-15-8-14-16-18/h1-4,8,11H,5-7H2. The summed E-state index contributed by atoms with van der Waals surface area (Å²) >= 11 is 0. The molecule has 1 amide bonds. The lowest BCUT2D eigenvalue weighted by Crippen LogP contribution is -2.46. The van der Waals surface area contributed by atoms with Gasteiger partial charge in [-0.1, -0.05) is 12.1 Å². The Bertz CT molecular complexity index is 568. The number of carbonyl (C=O) groups is 1. The van der Waals surface area contributed by atoms with Gasteiger partial charge in [0, 0.05) is 6.54 Å². The van der Waals surface area contributed by atoms with Crippen molar-refractivity contribution >= 4 is 5.91 Å². The molecule has 6 nitrogen and oxygen atoms in total. The van der Waals surface area contributed by atoms with Gasteiger partial charge in [0.05, 0.1) is 6.04 Å². The van der Waals surface area contributed by atoms with E-state index in [2.05, 4.69) is 15.4 Å². The molecule has 0 N–H and O–H groups in total. The molecular formula is C12H12FN5O. The van der Waals surface area contributed by atoms with Gasteiger partial charge in [-0.2, -0.15) is 4.80 Å². The molecule has 2 aromatic rings. The minimum atomic E-state index is -0.271. The number of carbonyl (C=O) groups excluding carboxylic acids is 1. The SMILES string of the molecule is O=C(Cn1ncnn1)N1CCC1c1ccc(F)cc1. The molecule has 0 saturated carbocycles. The van der Waals surface area contributed by atoms with Crippen LogP contribution >= 0.6 is 0 Å². The van der Waals surface area contributed by atoms with Crippen LogP contribution < -0.4 is 0 Å². The van der Waals surface area contributed by atoms with Gasteiger partial charge in [0.25, 0.3) is 0 Å². The molecule has 2 heterocycles. The van der Waals surface area contributed by atoms with Crippen molar-refractivity contribution in [1.29, 1.82) is 0 Å². The third-order valence-electron chi connectivity index (χ3n) is 3.26. The molecule has 1 atom stereocenters. The minimum Gasteiger partial charge on any atom is -0.334 e. The van der Waals surface area contributed by atoms with Gasteiger partial charge in [-0.05, 0) is 29.3 Å². The second-order valence-electron chi connectivity index (χ2n) is 4.41. The Morgan fingerprint density at radius 3 is 2.74 bits per heavy atom. The number of tetrazole rings is 1. The van der Waals surface area contributed by atoms with E-state index in [0.29, 0.717) is 6.54 Å². The second kappa shape index (κ2) is 4.75. The quantitative estimate of drug-likeness (QED) is 0.819. The van der Waals surface area contributed by atoms with Gasteiger partial charge < -0.3 is 4.90 Å². The predicted molar refractivity (Wildman–Crippen MR) is 63.3 cm³/mol. The summed E-state index contributed by atoms with van der Waals surface area (Å²) in [6, 6.07) is 6.28. The summed E-state index contributed by atoms with van der Waals surface area (Å²) < 4.78 is 12.9. The number of amides is 1. The van der Waals surface area contributed by atoms with E-state index in [1.54, 1.807) is 17.0 Å². The summed E-state index contributed by atoms with van der Waals surface area (Å²) in [5.74, 6) is -0.327. The van der Waals surface area contributed by atoms with E-state index in [0.717, 1.165) is 12.0 Å². The number of nitrogens with zero attached hydrogens (tertiary/aromatic N) is 5. The minimum absolute atomic E-state index is 0.0246. The van der Waals surface area contributed by atoms with E-state index in [-0.39, 0.29) is 24.3 Å². The lowest BCUT2D eigenvalue weighted by atomic mass is 9.94. The van der Waals surface area contributed by atoms with Crippen molar-refractivity contribution < 1.29 is 9.18 Å². The highest BCUT2D eigenvalue weighted by atomic mass is 19.1. The van der Waals surface area contributed by atoms with Crippen LogP contribution in [-0.2, 0) is 11.3 Å². The van der Waals surface area contributed by atoms with Gasteiger partial charge in [0.15, 0.2) is 6.33 Å². The second-order valence-corrected chi connectivity index (χ2v) is 4.41. The first kappa shape index (κ1) is 11.8. The molecule has 1 aromatic heterocycles. The van der Waals surface area contributed by atoms with Crippen LogP contribution in [0.1, 0.15) is 18.0 Å². The molecule has 0 bridgehead atoms. The zero-order valence-corrected chi connectivity index (χ0v) is 10.1. The summed E-state index contributed by atoms with van der Waals surface area (Å²) in [5, 5.41) is 11.0. The Morgan fingerprint density at radius 1 is 1.37 bits per heavy atom. The van der Waals surface area contributed by atoms with E-state index in [1.807, 2.05) is 0 Å². The Kier molecular flexibility index (Phi) is 2.94. The smallest absolute Gasteiger partial charge is 0.246 e. The maximum absolute atomic E-state index is 12.9. The average Bonchev–Trinajstić information content (AvgIpc) is 2.83. The topological polar surface area (TPSA) is 63.9 Å². The molecule has 0 aliphatic carbocycles. The van der Waals surface area contributed by atoms with Gasteiger partial charge in [0.2, 0.25) is 5.91 Å². The third kappa shape index (κ3) is 2.31. The molecule has 1 aliphatic rings. The Morgan fingerprint density at radius 2 is 2.16 bits per heavy atom. The van der Waals surface area contributed by atoms with Crippen LogP contribution in [0.5, 0.6) is 0 Å². The van der Waals surface area contributed by atoms with Crippen molar-refractivity contribution in [3.63, 3.8) is 0 Å². The van der Waals surface area contributed by atoms with Crippen molar-refractivity contribution in [1.82, 2.24) is 25.1 Å². The van der Waals surface area contributed by atoms with Crippen molar-refractivity contribution in [2.24, 2.45) is 0 Å². The van der Waals surface area contributed by atoms with Crippen molar-refractivity contribution in [3.8, 4) is 0 Å². The molecule has 1 fully saturated rings. The third-order valence-corrected chi connectivity index (χ3v) is 3.26. The highest BCUT2D eigenvalue weighted by Gasteiger charge is 2.33. The van der Waals surface area contributed by atoms with Gasteiger partial charge in [-0.25, -0.2) is 4.39 Å². The number of likely N-dealkylation sites (tertiary alicyclic amines) is 1. The fourth-order valence-electron chi connectivity index (χ4n) is 2.19. The maximum Gasteiger partial charge on any atom is 0.246 e. The molecule has 7 heteroatoms. The highest BCUT2D eigenvalue weighted by Crippen LogP contribution is 2.33. The molecule has 0 radical (unpaired) electrons. The van der Waals surface area contributed by atoms with Crippen LogP contribution in [0.15, 0.2) is 30.6 Å². The molecular weight excluding hydrogens is 249 g/mol. The first-order valence-corrected chi connectivity index (χ1v) is 6.00. The Hall–Kier alpha value is -2.31. The van der Waals surface area contributed by atoms with E-state index in [1.165, 1.54) is 23.3 Å². The summed E-state index contributed by atoms with van der Waals surface area (Å²) in [5.41, 5.74) is 0.951. The number of rotatable bonds is 3. The fraction of sp³-hybridized carbons (Fsp3) is 0.333. The number of hydrogen-bond donors (Lipinski definition) is 0. The van der Waals surface area contributed by atoms with Crippen molar-refractivity contribution in [3.05, 3.63) is 42.0 Å². The van der Waals surface area contributed by atoms with E-state index < -0.39 is 0 Å². The normalized spacial score (nSPS) is 18.2. The zero-order valence-electron chi connectivity index (χ0n) is 10.1. The van der Waals surface area contributed by atoms with Crippen LogP contribution in [0.4, 0.5) is 4.39 Å². The zero-order chi connectivity index (χ0) is 13.2. The summed E-state index contributed by atoms with van der Waals surface area (Å²) in [6.45, 7) is 0.785. The van der Waals surface area contributed by atoms with Gasteiger partial charge in [-0.15, -0.1) is 10.2 Å². The van der Waals surface area contributed by atoms with Crippen molar-refractivity contribution in [2.75, 3.05) is 6.54 Å². The molecule has 19 heavy (non-hydrogen) atoms. The molecule has 1 aromatic carbocycles. The summed E-state index contributed by atoms with van der Waals surface area (Å²) in [4.78, 5) is 15.1. The van der Waals surface area contributed by atoms with Crippen LogP contribution in [0.25, 0.3) is 0 Å². The highest BCUT2D eigenvalue weighted by molar-refractivity contribution is 5.77. The summed E-state index contributed by atoms with van der Waals surface area (Å²) in [6.07, 6.45) is 2.18. The van der Waals surface area contributed by atoms with Gasteiger partial charge in [0.1, 0.15) is 12.4 Å². The number of halogens is 1. The lowest BCUT2D eigenvalue weighted by molar-refractivity contribution is -0.140. The molecule has 98 valence electrons. The largest absolute Gasteiger partial charge is 0.334 e. The number of benzene rings is 1. The Balaban J connectivity index is 1.69. The summed E-state index contributed by atoms with van der Waals surface area (Å²) in [7, 11) is 0. The fourth-order valence-corrected chi connectivity index (χ4v) is 2.19. The van der Waals surface area contributed by atoms with Crippen molar-refractivity contribution in [2.45, 2.75) is 19.0 Å². The maximum atomic E-state index is 12.9. The first-order chi connectivity index (χ1) is 9.24. The van der Waals surface area contributed by atoms with Gasteiger partial charge in [-0.3, -0.25) is 4.79 Å². The van der Waals surface area contributed by atoms with Gasteiger partial charge >= 0.3 is 0 Å². The first-order valence-electron chi connectivity index (χ1n) is 6.00. The number of hydrogen-bond acceptors (Lipinski definition) is 4. The lowest BCUT2D eigenvalue weighted by Gasteiger charge is -2.41. The Labute approximate surface area is 108 Å². The van der Waals surface area contributed by atoms with Crippen LogP contribution in [0, 0.1) is 5.82 Å². The van der Waals surface area contributed by atoms with Crippen LogP contribution in [0.2, 0.25) is 0 Å². The van der Waals surface area contributed by atoms with Crippen LogP contribution in [-0.4, -0.2) is 37.6 Å². The van der Waals surface area contributed by atoms with E-state index in [9.17, 15) is 9.18 Å². The van der Waals surface area contributed by atoms with E-state index >= 15 is 0 Å². The monoisotopic (exact) mass is 261 g/mol. The van der Waals surface area contributed by atoms with Crippen LogP contribution in [0.3, 0.4) is 0 Å². The molecule has 0 spiro atoms. The predicted octanol–water partition coefficient (Wildman–Crippen LogP) is 0.786. The molecule has 3 rings (SSSR count). The average molecular weight is 261 g/mol. The number of aromatic nitrogens is 4.